The van der Waals surface area contributed by atoms with E-state index < -0.39 is 53.7 Å². The predicted molar refractivity (Wildman–Crippen MR) is 178 cm³/mol. The summed E-state index contributed by atoms with van der Waals surface area (Å²) in [6, 6.07) is 5.81. The van der Waals surface area contributed by atoms with Crippen molar-refractivity contribution in [2.75, 3.05) is 13.2 Å². The van der Waals surface area contributed by atoms with Crippen LogP contribution in [-0.4, -0.2) is 88.7 Å². The molecule has 0 bridgehead atoms. The SMILES string of the molecule is CC(C)(C)OC(=O)CCC(CO)NC(=O)C1CCCN1C(=O)C1=CC2OC(C3CC3)(C3CC3)OC2C(OC(=O)c2ccccc2I)C1. The monoisotopic (exact) mass is 764 g/mol. The second-order valence-corrected chi connectivity index (χ2v) is 15.6. The Bertz CT molecular complexity index is 1400. The van der Waals surface area contributed by atoms with Crippen LogP contribution in [0.4, 0.5) is 0 Å². The molecule has 12 heteroatoms. The number of carbonyl (C=O) groups is 4. The van der Waals surface area contributed by atoms with E-state index in [1.54, 1.807) is 37.8 Å². The molecular weight excluding hydrogens is 719 g/mol. The smallest absolute Gasteiger partial charge is 0.339 e. The number of amides is 2. The van der Waals surface area contributed by atoms with Gasteiger partial charge in [-0.3, -0.25) is 14.4 Å². The molecule has 2 saturated carbocycles. The first-order chi connectivity index (χ1) is 22.4. The normalized spacial score (nSPS) is 27.4. The third kappa shape index (κ3) is 7.70. The number of hydrogen-bond acceptors (Lipinski definition) is 9. The number of halogens is 1. The number of benzene rings is 1. The highest BCUT2D eigenvalue weighted by molar-refractivity contribution is 14.1. The number of esters is 2. The lowest BCUT2D eigenvalue weighted by Gasteiger charge is -2.33. The summed E-state index contributed by atoms with van der Waals surface area (Å²) >= 11 is 2.11. The van der Waals surface area contributed by atoms with Gasteiger partial charge in [-0.2, -0.15) is 0 Å². The van der Waals surface area contributed by atoms with Gasteiger partial charge in [0.05, 0.1) is 18.2 Å². The van der Waals surface area contributed by atoms with Crippen molar-refractivity contribution in [2.24, 2.45) is 11.8 Å². The molecule has 2 N–H and O–H groups in total. The highest BCUT2D eigenvalue weighted by Crippen LogP contribution is 2.59. The molecule has 5 aliphatic rings. The summed E-state index contributed by atoms with van der Waals surface area (Å²) in [7, 11) is 0. The Hall–Kier alpha value is -2.55. The predicted octanol–water partition coefficient (Wildman–Crippen LogP) is 4.04. The largest absolute Gasteiger partial charge is 0.460 e. The number of nitrogens with zero attached hydrogens (tertiary/aromatic N) is 1. The minimum atomic E-state index is -0.742. The number of aliphatic hydroxyl groups excluding tert-OH is 1. The van der Waals surface area contributed by atoms with Crippen molar-refractivity contribution in [3.63, 3.8) is 0 Å². The van der Waals surface area contributed by atoms with E-state index in [4.69, 9.17) is 18.9 Å². The third-order valence-electron chi connectivity index (χ3n) is 9.54. The molecule has 3 aliphatic carbocycles. The van der Waals surface area contributed by atoms with Crippen LogP contribution in [0.1, 0.15) is 88.9 Å². The highest BCUT2D eigenvalue weighted by Gasteiger charge is 2.64. The lowest BCUT2D eigenvalue weighted by molar-refractivity contribution is -0.209. The zero-order valence-corrected chi connectivity index (χ0v) is 29.4. The summed E-state index contributed by atoms with van der Waals surface area (Å²) in [6.07, 6.45) is 5.58. The number of nitrogens with one attached hydrogen (secondary N) is 1. The van der Waals surface area contributed by atoms with Crippen LogP contribution in [0.25, 0.3) is 0 Å². The standard InChI is InChI=1S/C35H45IN2O9/c1-34(2,3)46-29(40)15-14-23(19-39)37-31(41)26-9-6-16-38(26)32(42)20-17-27(44-33(43)24-7-4-5-8-25(24)36)30-28(18-20)45-35(47-30,21-10-11-21)22-12-13-22/h4-5,7-8,18,21-23,26-28,30,39H,6,9-17,19H2,1-3H3,(H,37,41). The maximum atomic E-state index is 14.1. The van der Waals surface area contributed by atoms with Crippen LogP contribution in [0, 0.1) is 15.4 Å². The first kappa shape index (κ1) is 34.3. The van der Waals surface area contributed by atoms with E-state index in [1.807, 2.05) is 18.2 Å². The molecule has 0 spiro atoms. The zero-order chi connectivity index (χ0) is 33.5. The molecule has 5 unspecified atom stereocenters. The van der Waals surface area contributed by atoms with Crippen LogP contribution < -0.4 is 5.32 Å². The molecule has 4 fully saturated rings. The molecule has 2 heterocycles. The van der Waals surface area contributed by atoms with E-state index >= 15 is 0 Å². The van der Waals surface area contributed by atoms with Crippen molar-refractivity contribution >= 4 is 46.3 Å². The van der Waals surface area contributed by atoms with Crippen molar-refractivity contribution in [1.82, 2.24) is 10.2 Å². The van der Waals surface area contributed by atoms with Crippen molar-refractivity contribution < 1.29 is 43.2 Å². The van der Waals surface area contributed by atoms with Crippen LogP contribution in [-0.2, 0) is 33.3 Å². The van der Waals surface area contributed by atoms with Gasteiger partial charge in [-0.05, 0) is 107 Å². The average Bonchev–Trinajstić information content (AvgIpc) is 3.96. The van der Waals surface area contributed by atoms with Gasteiger partial charge in [0, 0.05) is 40.4 Å². The van der Waals surface area contributed by atoms with Crippen LogP contribution in [0.2, 0.25) is 0 Å². The second-order valence-electron chi connectivity index (χ2n) is 14.4. The van der Waals surface area contributed by atoms with Gasteiger partial charge in [0.2, 0.25) is 11.8 Å². The number of likely N-dealkylation sites (tertiary alicyclic amines) is 1. The Balaban J connectivity index is 1.17. The van der Waals surface area contributed by atoms with Crippen LogP contribution in [0.3, 0.4) is 0 Å². The van der Waals surface area contributed by atoms with E-state index in [0.717, 1.165) is 29.3 Å². The van der Waals surface area contributed by atoms with Gasteiger partial charge in [-0.1, -0.05) is 12.1 Å². The fraction of sp³-hybridized carbons (Fsp3) is 0.657. The number of fused-ring (bicyclic) bond motifs is 1. The zero-order valence-electron chi connectivity index (χ0n) is 27.2. The second kappa shape index (κ2) is 13.8. The van der Waals surface area contributed by atoms with Gasteiger partial charge in [0.25, 0.3) is 0 Å². The topological polar surface area (TPSA) is 141 Å². The molecule has 5 atom stereocenters. The Morgan fingerprint density at radius 1 is 1.09 bits per heavy atom. The van der Waals surface area contributed by atoms with E-state index in [-0.39, 0.29) is 37.7 Å². The Morgan fingerprint density at radius 3 is 2.43 bits per heavy atom. The molecule has 47 heavy (non-hydrogen) atoms. The first-order valence-electron chi connectivity index (χ1n) is 16.8. The molecule has 6 rings (SSSR count). The molecule has 2 aliphatic heterocycles. The minimum absolute atomic E-state index is 0.0406. The fourth-order valence-electron chi connectivity index (χ4n) is 7.05. The van der Waals surface area contributed by atoms with Gasteiger partial charge in [0.1, 0.15) is 30.0 Å². The average molecular weight is 765 g/mol. The lowest BCUT2D eigenvalue weighted by Crippen LogP contribution is -2.51. The summed E-state index contributed by atoms with van der Waals surface area (Å²) in [5, 5.41) is 12.8. The van der Waals surface area contributed by atoms with Crippen molar-refractivity contribution in [3.8, 4) is 0 Å². The summed E-state index contributed by atoms with van der Waals surface area (Å²) in [5.74, 6) is -1.70. The van der Waals surface area contributed by atoms with Gasteiger partial charge in [-0.25, -0.2) is 4.79 Å². The molecule has 1 aromatic rings. The molecule has 0 radical (unpaired) electrons. The summed E-state index contributed by atoms with van der Waals surface area (Å²) in [6.45, 7) is 5.38. The molecular formula is C35H45IN2O9. The number of aliphatic hydroxyl groups is 1. The summed E-state index contributed by atoms with van der Waals surface area (Å²) in [4.78, 5) is 54.8. The number of rotatable bonds is 11. The van der Waals surface area contributed by atoms with Crippen molar-refractivity contribution in [1.29, 1.82) is 0 Å². The van der Waals surface area contributed by atoms with E-state index in [0.29, 0.717) is 42.4 Å². The fourth-order valence-corrected chi connectivity index (χ4v) is 7.65. The molecule has 0 aromatic heterocycles. The van der Waals surface area contributed by atoms with E-state index in [9.17, 15) is 24.3 Å². The Kier molecular flexibility index (Phi) is 10.0. The van der Waals surface area contributed by atoms with Gasteiger partial charge >= 0.3 is 11.9 Å². The van der Waals surface area contributed by atoms with Crippen LogP contribution >= 0.6 is 22.6 Å². The van der Waals surface area contributed by atoms with E-state index in [1.165, 1.54) is 0 Å². The highest BCUT2D eigenvalue weighted by atomic mass is 127. The maximum Gasteiger partial charge on any atom is 0.339 e. The van der Waals surface area contributed by atoms with Gasteiger partial charge in [-0.15, -0.1) is 0 Å². The first-order valence-corrected chi connectivity index (χ1v) is 17.9. The molecule has 2 saturated heterocycles. The Morgan fingerprint density at radius 2 is 1.79 bits per heavy atom. The van der Waals surface area contributed by atoms with E-state index in [2.05, 4.69) is 27.9 Å². The quantitative estimate of drug-likeness (QED) is 0.253. The number of hydrogen-bond donors (Lipinski definition) is 2. The minimum Gasteiger partial charge on any atom is -0.460 e. The summed E-state index contributed by atoms with van der Waals surface area (Å²) < 4.78 is 25.7. The summed E-state index contributed by atoms with van der Waals surface area (Å²) in [5.41, 5.74) is 0.252. The number of ether oxygens (including phenoxy) is 4. The molecule has 11 nitrogen and oxygen atoms in total. The number of carbonyl (C=O) groups excluding carboxylic acids is 4. The van der Waals surface area contributed by atoms with Crippen LogP contribution in [0.5, 0.6) is 0 Å². The maximum absolute atomic E-state index is 14.1. The third-order valence-corrected chi connectivity index (χ3v) is 10.5. The molecule has 1 aromatic carbocycles. The van der Waals surface area contributed by atoms with Crippen LogP contribution in [0.15, 0.2) is 35.9 Å². The van der Waals surface area contributed by atoms with Crippen molar-refractivity contribution in [3.05, 3.63) is 45.0 Å². The molecule has 256 valence electrons. The molecule has 2 amide bonds. The lowest BCUT2D eigenvalue weighted by atomic mass is 9.91. The van der Waals surface area contributed by atoms with Crippen molar-refractivity contribution in [2.45, 2.75) is 120 Å². The Labute approximate surface area is 289 Å². The van der Waals surface area contributed by atoms with Gasteiger partial charge in [0.15, 0.2) is 5.79 Å². The van der Waals surface area contributed by atoms with Gasteiger partial charge < -0.3 is 34.3 Å².